The van der Waals surface area contributed by atoms with E-state index >= 15 is 0 Å². The van der Waals surface area contributed by atoms with Gasteiger partial charge in [-0.05, 0) is 49.4 Å². The van der Waals surface area contributed by atoms with Crippen molar-refractivity contribution in [2.75, 3.05) is 33.2 Å². The van der Waals surface area contributed by atoms with Crippen molar-refractivity contribution in [3.05, 3.63) is 59.2 Å². The van der Waals surface area contributed by atoms with Crippen LogP contribution >= 0.6 is 0 Å². The Morgan fingerprint density at radius 3 is 2.45 bits per heavy atom. The highest BCUT2D eigenvalue weighted by atomic mass is 16.2. The van der Waals surface area contributed by atoms with E-state index in [1.807, 2.05) is 11.9 Å². The van der Waals surface area contributed by atoms with E-state index in [9.17, 15) is 9.59 Å². The predicted octanol–water partition coefficient (Wildman–Crippen LogP) is 1.61. The number of likely N-dealkylation sites (N-methyl/N-ethyl adjacent to an activating group) is 1. The van der Waals surface area contributed by atoms with Crippen LogP contribution in [0.4, 0.5) is 0 Å². The van der Waals surface area contributed by atoms with Crippen LogP contribution in [0.5, 0.6) is 0 Å². The molecule has 8 heteroatoms. The number of hydrogen-bond acceptors (Lipinski definition) is 6. The molecule has 33 heavy (non-hydrogen) atoms. The maximum absolute atomic E-state index is 12.8. The molecule has 2 aliphatic heterocycles. The summed E-state index contributed by atoms with van der Waals surface area (Å²) in [6.45, 7) is 6.51. The second-order valence-corrected chi connectivity index (χ2v) is 9.18. The van der Waals surface area contributed by atoms with Crippen molar-refractivity contribution >= 4 is 11.8 Å². The van der Waals surface area contributed by atoms with Gasteiger partial charge < -0.3 is 15.5 Å². The summed E-state index contributed by atoms with van der Waals surface area (Å²) in [6.07, 6.45) is 4.22. The van der Waals surface area contributed by atoms with E-state index in [4.69, 9.17) is 0 Å². The summed E-state index contributed by atoms with van der Waals surface area (Å²) >= 11 is 0. The average Bonchev–Trinajstić information content (AvgIpc) is 3.24. The Balaban J connectivity index is 1.25. The van der Waals surface area contributed by atoms with Crippen LogP contribution in [0.1, 0.15) is 47.1 Å². The van der Waals surface area contributed by atoms with Gasteiger partial charge in [-0.25, -0.2) is 9.97 Å². The number of nitrogens with zero attached hydrogens (tertiary/aromatic N) is 4. The normalized spacial score (nSPS) is 17.6. The highest BCUT2D eigenvalue weighted by molar-refractivity contribution is 5.92. The summed E-state index contributed by atoms with van der Waals surface area (Å²) in [5.41, 5.74) is 4.06. The number of nitrogens with one attached hydrogen (secondary N) is 2. The van der Waals surface area contributed by atoms with E-state index in [1.54, 1.807) is 13.0 Å². The standard InChI is InChI=1S/C25H34N6O2/c1-18(32)31-9-7-19(8-10-31)11-22-12-24(29-17-28-22)25(33)27-13-23(26-2)16-30-14-20-5-3-4-6-21(20)15-30/h3-6,12,17,19,23,26H,7-11,13-16H2,1-2H3,(H,27,33)/t23-/m0/s1. The number of hydrogen-bond donors (Lipinski definition) is 2. The van der Waals surface area contributed by atoms with Gasteiger partial charge in [-0.2, -0.15) is 0 Å². The zero-order valence-electron chi connectivity index (χ0n) is 19.6. The first-order chi connectivity index (χ1) is 16.0. The summed E-state index contributed by atoms with van der Waals surface area (Å²) in [6, 6.07) is 10.5. The molecule has 1 saturated heterocycles. The molecule has 0 saturated carbocycles. The lowest BCUT2D eigenvalue weighted by atomic mass is 9.92. The molecule has 1 fully saturated rings. The number of rotatable bonds is 8. The number of amides is 2. The van der Waals surface area contributed by atoms with Crippen molar-refractivity contribution in [2.24, 2.45) is 5.92 Å². The van der Waals surface area contributed by atoms with Gasteiger partial charge in [0.1, 0.15) is 12.0 Å². The molecular formula is C25H34N6O2. The van der Waals surface area contributed by atoms with E-state index in [0.29, 0.717) is 18.2 Å². The van der Waals surface area contributed by atoms with Crippen LogP contribution in [0, 0.1) is 5.92 Å². The number of carbonyl (C=O) groups is 2. The molecule has 2 N–H and O–H groups in total. The maximum Gasteiger partial charge on any atom is 0.270 e. The van der Waals surface area contributed by atoms with E-state index in [2.05, 4.69) is 49.8 Å². The molecule has 0 unspecified atom stereocenters. The molecule has 176 valence electrons. The topological polar surface area (TPSA) is 90.5 Å². The summed E-state index contributed by atoms with van der Waals surface area (Å²) in [7, 11) is 1.93. The molecule has 8 nitrogen and oxygen atoms in total. The van der Waals surface area contributed by atoms with Crippen molar-refractivity contribution in [2.45, 2.75) is 45.3 Å². The first-order valence-corrected chi connectivity index (χ1v) is 11.8. The third-order valence-electron chi connectivity index (χ3n) is 6.82. The molecular weight excluding hydrogens is 416 g/mol. The van der Waals surface area contributed by atoms with Crippen LogP contribution in [-0.4, -0.2) is 70.9 Å². The van der Waals surface area contributed by atoms with Gasteiger partial charge >= 0.3 is 0 Å². The van der Waals surface area contributed by atoms with Crippen LogP contribution in [0.25, 0.3) is 0 Å². The van der Waals surface area contributed by atoms with Crippen LogP contribution in [0.15, 0.2) is 36.7 Å². The lowest BCUT2D eigenvalue weighted by Crippen LogP contribution is -2.45. The van der Waals surface area contributed by atoms with Crippen LogP contribution in [0.2, 0.25) is 0 Å². The molecule has 0 spiro atoms. The van der Waals surface area contributed by atoms with E-state index in [0.717, 1.165) is 57.7 Å². The molecule has 1 aromatic carbocycles. The Morgan fingerprint density at radius 1 is 1.12 bits per heavy atom. The van der Waals surface area contributed by atoms with Gasteiger partial charge in [0, 0.05) is 57.9 Å². The second kappa shape index (κ2) is 10.9. The van der Waals surface area contributed by atoms with Gasteiger partial charge in [-0.15, -0.1) is 0 Å². The summed E-state index contributed by atoms with van der Waals surface area (Å²) in [5.74, 6) is 0.447. The molecule has 3 heterocycles. The summed E-state index contributed by atoms with van der Waals surface area (Å²) < 4.78 is 0. The van der Waals surface area contributed by atoms with Gasteiger partial charge in [0.05, 0.1) is 0 Å². The Bertz CT molecular complexity index is 948. The Morgan fingerprint density at radius 2 is 1.82 bits per heavy atom. The Labute approximate surface area is 195 Å². The third-order valence-corrected chi connectivity index (χ3v) is 6.82. The molecule has 0 aliphatic carbocycles. The van der Waals surface area contributed by atoms with Gasteiger partial charge in [-0.3, -0.25) is 14.5 Å². The van der Waals surface area contributed by atoms with Crippen molar-refractivity contribution in [1.29, 1.82) is 0 Å². The van der Waals surface area contributed by atoms with Crippen LogP contribution in [-0.2, 0) is 24.3 Å². The Kier molecular flexibility index (Phi) is 7.67. The van der Waals surface area contributed by atoms with Crippen LogP contribution in [0.3, 0.4) is 0 Å². The molecule has 1 aromatic heterocycles. The minimum atomic E-state index is -0.171. The lowest BCUT2D eigenvalue weighted by Gasteiger charge is -2.31. The number of fused-ring (bicyclic) bond motifs is 1. The van der Waals surface area contributed by atoms with E-state index in [-0.39, 0.29) is 17.9 Å². The molecule has 2 aromatic rings. The average molecular weight is 451 g/mol. The maximum atomic E-state index is 12.8. The minimum absolute atomic E-state index is 0.142. The van der Waals surface area contributed by atoms with Gasteiger partial charge in [0.15, 0.2) is 0 Å². The van der Waals surface area contributed by atoms with Crippen molar-refractivity contribution in [3.8, 4) is 0 Å². The number of aromatic nitrogens is 2. The molecule has 1 atom stereocenters. The van der Waals surface area contributed by atoms with Crippen molar-refractivity contribution in [1.82, 2.24) is 30.4 Å². The second-order valence-electron chi connectivity index (χ2n) is 9.18. The zero-order valence-corrected chi connectivity index (χ0v) is 19.6. The van der Waals surface area contributed by atoms with Crippen molar-refractivity contribution in [3.63, 3.8) is 0 Å². The van der Waals surface area contributed by atoms with Gasteiger partial charge in [0.2, 0.25) is 5.91 Å². The minimum Gasteiger partial charge on any atom is -0.349 e. The van der Waals surface area contributed by atoms with Crippen LogP contribution < -0.4 is 10.6 Å². The highest BCUT2D eigenvalue weighted by Gasteiger charge is 2.23. The largest absolute Gasteiger partial charge is 0.349 e. The van der Waals surface area contributed by atoms with E-state index in [1.165, 1.54) is 17.5 Å². The Hall–Kier alpha value is -2.84. The highest BCUT2D eigenvalue weighted by Crippen LogP contribution is 2.22. The fraction of sp³-hybridized carbons (Fsp3) is 0.520. The number of likely N-dealkylation sites (tertiary alicyclic amines) is 1. The fourth-order valence-corrected chi connectivity index (χ4v) is 4.79. The fourth-order valence-electron chi connectivity index (χ4n) is 4.79. The SMILES string of the molecule is CN[C@@H](CNC(=O)c1cc(CC2CCN(C(C)=O)CC2)ncn1)CN1Cc2ccccc2C1. The zero-order chi connectivity index (χ0) is 23.2. The molecule has 0 bridgehead atoms. The quantitative estimate of drug-likeness (QED) is 0.635. The first kappa shape index (κ1) is 23.3. The van der Waals surface area contributed by atoms with Crippen molar-refractivity contribution < 1.29 is 9.59 Å². The lowest BCUT2D eigenvalue weighted by molar-refractivity contribution is -0.130. The van der Waals surface area contributed by atoms with E-state index < -0.39 is 0 Å². The predicted molar refractivity (Wildman–Crippen MR) is 126 cm³/mol. The number of piperidine rings is 1. The smallest absolute Gasteiger partial charge is 0.270 e. The monoisotopic (exact) mass is 450 g/mol. The molecule has 0 radical (unpaired) electrons. The third kappa shape index (κ3) is 6.15. The number of carbonyl (C=O) groups excluding carboxylic acids is 2. The number of benzene rings is 1. The molecule has 2 aliphatic rings. The summed E-state index contributed by atoms with van der Waals surface area (Å²) in [4.78, 5) is 37.1. The molecule has 4 rings (SSSR count). The van der Waals surface area contributed by atoms with Gasteiger partial charge in [0.25, 0.3) is 5.91 Å². The summed E-state index contributed by atoms with van der Waals surface area (Å²) in [5, 5.41) is 6.35. The first-order valence-electron chi connectivity index (χ1n) is 11.8. The molecule has 2 amide bonds. The van der Waals surface area contributed by atoms with Gasteiger partial charge in [-0.1, -0.05) is 24.3 Å².